The predicted molar refractivity (Wildman–Crippen MR) is 207 cm³/mol. The van der Waals surface area contributed by atoms with Gasteiger partial charge in [-0.15, -0.1) is 0 Å². The van der Waals surface area contributed by atoms with E-state index >= 15 is 0 Å². The molecular formula is C38H74N8O4. The highest BCUT2D eigenvalue weighted by atomic mass is 16.6. The van der Waals surface area contributed by atoms with E-state index in [1.807, 2.05) is 41.5 Å². The molecule has 0 aromatic heterocycles. The fourth-order valence-electron chi connectivity index (χ4n) is 4.97. The fraction of sp³-hybridized carbons (Fsp3) is 0.789. The standard InChI is InChI=1S/C38H74N8O4/c1-8-9-15-39-16-10-21-42-29-32-26-33(30-43-22-11-17-40-19-13-24-45-35(47)49-37(2,3)4)28-34(27-32)31-44-23-12-18-41-20-14-25-46-36(48)50-38(5,6)7/h26-28,39-44H,8-25,29-31H2,1-7H3,(H,45,47)(H,46,48). The second-order valence-corrected chi connectivity index (χ2v) is 14.9. The number of amides is 2. The maximum atomic E-state index is 11.7. The number of nitrogens with one attached hydrogen (secondary N) is 8. The number of ether oxygens (including phenoxy) is 2. The molecular weight excluding hydrogens is 632 g/mol. The van der Waals surface area contributed by atoms with Gasteiger partial charge in [0, 0.05) is 32.7 Å². The summed E-state index contributed by atoms with van der Waals surface area (Å²) in [5.74, 6) is 0. The van der Waals surface area contributed by atoms with E-state index in [-0.39, 0.29) is 12.2 Å². The average molecular weight is 707 g/mol. The highest BCUT2D eigenvalue weighted by Gasteiger charge is 2.16. The number of carbonyl (C=O) groups excluding carboxylic acids is 2. The number of alkyl carbamates (subject to hydrolysis) is 2. The molecule has 0 fully saturated rings. The van der Waals surface area contributed by atoms with Gasteiger partial charge in [-0.05, 0) is 156 Å². The first kappa shape index (κ1) is 45.5. The molecule has 0 saturated carbocycles. The lowest BCUT2D eigenvalue weighted by Gasteiger charge is -2.19. The Balaban J connectivity index is 2.35. The van der Waals surface area contributed by atoms with Crippen molar-refractivity contribution in [3.05, 3.63) is 34.9 Å². The molecule has 0 heterocycles. The first-order valence-corrected chi connectivity index (χ1v) is 19.2. The molecule has 8 N–H and O–H groups in total. The van der Waals surface area contributed by atoms with Crippen LogP contribution >= 0.6 is 0 Å². The summed E-state index contributed by atoms with van der Waals surface area (Å²) in [4.78, 5) is 23.5. The molecule has 1 aromatic carbocycles. The minimum atomic E-state index is -0.470. The number of rotatable bonds is 29. The van der Waals surface area contributed by atoms with Crippen molar-refractivity contribution in [2.75, 3.05) is 72.0 Å². The van der Waals surface area contributed by atoms with E-state index < -0.39 is 11.2 Å². The second-order valence-electron chi connectivity index (χ2n) is 14.9. The number of benzene rings is 1. The fourth-order valence-corrected chi connectivity index (χ4v) is 4.97. The molecule has 1 aromatic rings. The van der Waals surface area contributed by atoms with Crippen LogP contribution < -0.4 is 42.5 Å². The summed E-state index contributed by atoms with van der Waals surface area (Å²) in [5.41, 5.74) is 3.00. The van der Waals surface area contributed by atoms with Crippen molar-refractivity contribution in [1.82, 2.24) is 42.5 Å². The summed E-state index contributed by atoms with van der Waals surface area (Å²) in [7, 11) is 0. The van der Waals surface area contributed by atoms with Crippen LogP contribution in [0, 0.1) is 0 Å². The van der Waals surface area contributed by atoms with Gasteiger partial charge in [0.05, 0.1) is 0 Å². The smallest absolute Gasteiger partial charge is 0.407 e. The summed E-state index contributed by atoms with van der Waals surface area (Å²) in [5, 5.41) is 26.9. The van der Waals surface area contributed by atoms with Gasteiger partial charge >= 0.3 is 12.2 Å². The lowest BCUT2D eigenvalue weighted by atomic mass is 10.0. The number of hydrogen-bond acceptors (Lipinski definition) is 10. The molecule has 0 radical (unpaired) electrons. The maximum absolute atomic E-state index is 11.7. The SMILES string of the molecule is CCCCNCCCNCc1cc(CNCCCNCCCNC(=O)OC(C)(C)C)cc(CNCCCNCCCNC(=O)OC(C)(C)C)c1. The molecule has 50 heavy (non-hydrogen) atoms. The Morgan fingerprint density at radius 1 is 0.460 bits per heavy atom. The van der Waals surface area contributed by atoms with Gasteiger partial charge < -0.3 is 52.0 Å². The highest BCUT2D eigenvalue weighted by molar-refractivity contribution is 5.67. The van der Waals surface area contributed by atoms with Crippen molar-refractivity contribution in [2.24, 2.45) is 0 Å². The molecule has 0 aliphatic rings. The molecule has 12 heteroatoms. The maximum Gasteiger partial charge on any atom is 0.407 e. The van der Waals surface area contributed by atoms with E-state index in [1.54, 1.807) is 0 Å². The van der Waals surface area contributed by atoms with Crippen molar-refractivity contribution in [1.29, 1.82) is 0 Å². The topological polar surface area (TPSA) is 149 Å². The zero-order chi connectivity index (χ0) is 36.9. The van der Waals surface area contributed by atoms with Crippen molar-refractivity contribution >= 4 is 12.2 Å². The van der Waals surface area contributed by atoms with Crippen molar-refractivity contribution in [3.8, 4) is 0 Å². The van der Waals surface area contributed by atoms with Crippen LogP contribution in [-0.2, 0) is 29.1 Å². The molecule has 290 valence electrons. The Bertz CT molecular complexity index is 947. The van der Waals surface area contributed by atoms with Crippen LogP contribution in [0.5, 0.6) is 0 Å². The Hall–Kier alpha value is -2.48. The summed E-state index contributed by atoms with van der Waals surface area (Å²) < 4.78 is 10.5. The molecule has 0 atom stereocenters. The third-order valence-electron chi connectivity index (χ3n) is 7.33. The number of unbranched alkanes of at least 4 members (excludes halogenated alkanes) is 1. The molecule has 1 rings (SSSR count). The van der Waals surface area contributed by atoms with Crippen molar-refractivity contribution in [2.45, 2.75) is 124 Å². The van der Waals surface area contributed by atoms with Crippen molar-refractivity contribution in [3.63, 3.8) is 0 Å². The second kappa shape index (κ2) is 28.1. The zero-order valence-electron chi connectivity index (χ0n) is 32.7. The van der Waals surface area contributed by atoms with Gasteiger partial charge in [0.15, 0.2) is 0 Å². The van der Waals surface area contributed by atoms with Gasteiger partial charge in [0.1, 0.15) is 11.2 Å². The Kier molecular flexibility index (Phi) is 25.6. The molecule has 0 aliphatic carbocycles. The lowest BCUT2D eigenvalue weighted by molar-refractivity contribution is 0.0515. The Labute approximate surface area is 304 Å². The number of carbonyl (C=O) groups is 2. The van der Waals surface area contributed by atoms with Gasteiger partial charge in [0.2, 0.25) is 0 Å². The van der Waals surface area contributed by atoms with E-state index in [0.29, 0.717) is 13.1 Å². The highest BCUT2D eigenvalue weighted by Crippen LogP contribution is 2.12. The predicted octanol–water partition coefficient (Wildman–Crippen LogP) is 4.52. The molecule has 12 nitrogen and oxygen atoms in total. The molecule has 0 bridgehead atoms. The van der Waals surface area contributed by atoms with Crippen LogP contribution in [0.4, 0.5) is 9.59 Å². The van der Waals surface area contributed by atoms with E-state index in [4.69, 9.17) is 9.47 Å². The first-order chi connectivity index (χ1) is 23.9. The van der Waals surface area contributed by atoms with Crippen LogP contribution in [0.1, 0.15) is 110 Å². The quantitative estimate of drug-likeness (QED) is 0.0559. The summed E-state index contributed by atoms with van der Waals surface area (Å²) in [6.07, 6.45) is 6.69. The molecule has 2 amide bonds. The normalized spacial score (nSPS) is 11.8. The monoisotopic (exact) mass is 707 g/mol. The van der Waals surface area contributed by atoms with Gasteiger partial charge in [-0.3, -0.25) is 0 Å². The molecule has 0 unspecified atom stereocenters. The third kappa shape index (κ3) is 29.3. The van der Waals surface area contributed by atoms with Gasteiger partial charge in [-0.2, -0.15) is 0 Å². The van der Waals surface area contributed by atoms with Gasteiger partial charge in [-0.25, -0.2) is 9.59 Å². The Morgan fingerprint density at radius 3 is 1.04 bits per heavy atom. The Morgan fingerprint density at radius 2 is 0.740 bits per heavy atom. The van der Waals surface area contributed by atoms with Crippen LogP contribution in [0.2, 0.25) is 0 Å². The largest absolute Gasteiger partial charge is 0.444 e. The third-order valence-corrected chi connectivity index (χ3v) is 7.33. The van der Waals surface area contributed by atoms with E-state index in [1.165, 1.54) is 29.5 Å². The average Bonchev–Trinajstić information content (AvgIpc) is 3.02. The van der Waals surface area contributed by atoms with Crippen LogP contribution in [0.25, 0.3) is 0 Å². The molecule has 0 aliphatic heterocycles. The van der Waals surface area contributed by atoms with Crippen molar-refractivity contribution < 1.29 is 19.1 Å². The van der Waals surface area contributed by atoms with E-state index in [0.717, 1.165) is 111 Å². The molecule has 0 saturated heterocycles. The zero-order valence-corrected chi connectivity index (χ0v) is 32.7. The van der Waals surface area contributed by atoms with Crippen LogP contribution in [0.3, 0.4) is 0 Å². The van der Waals surface area contributed by atoms with Crippen LogP contribution in [-0.4, -0.2) is 95.4 Å². The lowest BCUT2D eigenvalue weighted by Crippen LogP contribution is -2.34. The van der Waals surface area contributed by atoms with E-state index in [2.05, 4.69) is 67.7 Å². The van der Waals surface area contributed by atoms with E-state index in [9.17, 15) is 9.59 Å². The van der Waals surface area contributed by atoms with Gasteiger partial charge in [0.25, 0.3) is 0 Å². The van der Waals surface area contributed by atoms with Crippen LogP contribution in [0.15, 0.2) is 18.2 Å². The first-order valence-electron chi connectivity index (χ1n) is 19.2. The summed E-state index contributed by atoms with van der Waals surface area (Å²) in [6, 6.07) is 6.95. The summed E-state index contributed by atoms with van der Waals surface area (Å²) >= 11 is 0. The minimum Gasteiger partial charge on any atom is -0.444 e. The molecule has 0 spiro atoms. The summed E-state index contributed by atoms with van der Waals surface area (Å²) in [6.45, 7) is 25.8. The van der Waals surface area contributed by atoms with Gasteiger partial charge in [-0.1, -0.05) is 31.5 Å². The number of hydrogen-bond donors (Lipinski definition) is 8. The minimum absolute atomic E-state index is 0.359.